The molecule has 0 saturated heterocycles. The Kier molecular flexibility index (Phi) is 10.8. The molecule has 0 spiro atoms. The lowest BCUT2D eigenvalue weighted by molar-refractivity contribution is 0.0474. The van der Waals surface area contributed by atoms with Crippen molar-refractivity contribution in [1.29, 1.82) is 0 Å². The van der Waals surface area contributed by atoms with Crippen molar-refractivity contribution in [2.45, 2.75) is 84.1 Å². The second-order valence-corrected chi connectivity index (χ2v) is 9.28. The SMILES string of the molecule is CN=C(NCc1cccnc1OC1CCCC1)NCC(C)(C)NC(=O)OC(C)(C)C.I. The van der Waals surface area contributed by atoms with Gasteiger partial charge in [0.15, 0.2) is 5.96 Å². The molecular formula is C22H38IN5O3. The molecular weight excluding hydrogens is 509 g/mol. The Morgan fingerprint density at radius 2 is 1.87 bits per heavy atom. The number of rotatable bonds is 7. The van der Waals surface area contributed by atoms with E-state index in [-0.39, 0.29) is 30.1 Å². The summed E-state index contributed by atoms with van der Waals surface area (Å²) in [6.07, 6.45) is 6.19. The van der Waals surface area contributed by atoms with Crippen molar-refractivity contribution in [3.05, 3.63) is 23.9 Å². The molecule has 1 fully saturated rings. The van der Waals surface area contributed by atoms with Gasteiger partial charge in [-0.3, -0.25) is 4.99 Å². The Bertz CT molecular complexity index is 728. The van der Waals surface area contributed by atoms with Crippen LogP contribution in [0, 0.1) is 0 Å². The molecule has 1 heterocycles. The van der Waals surface area contributed by atoms with Gasteiger partial charge in [-0.25, -0.2) is 9.78 Å². The van der Waals surface area contributed by atoms with E-state index in [4.69, 9.17) is 9.47 Å². The van der Waals surface area contributed by atoms with Crippen molar-refractivity contribution in [1.82, 2.24) is 20.9 Å². The summed E-state index contributed by atoms with van der Waals surface area (Å²) < 4.78 is 11.4. The van der Waals surface area contributed by atoms with Crippen molar-refractivity contribution in [2.24, 2.45) is 4.99 Å². The number of amides is 1. The molecule has 0 aliphatic heterocycles. The largest absolute Gasteiger partial charge is 0.474 e. The monoisotopic (exact) mass is 547 g/mol. The molecule has 0 atom stereocenters. The number of pyridine rings is 1. The van der Waals surface area contributed by atoms with Crippen LogP contribution in [0.2, 0.25) is 0 Å². The summed E-state index contributed by atoms with van der Waals surface area (Å²) in [5.41, 5.74) is -0.0726. The molecule has 0 aromatic carbocycles. The molecule has 31 heavy (non-hydrogen) atoms. The highest BCUT2D eigenvalue weighted by molar-refractivity contribution is 14.0. The zero-order valence-corrected chi connectivity index (χ0v) is 21.9. The highest BCUT2D eigenvalue weighted by Crippen LogP contribution is 2.24. The Hall–Kier alpha value is -1.78. The maximum atomic E-state index is 12.1. The van der Waals surface area contributed by atoms with Gasteiger partial charge in [0.2, 0.25) is 5.88 Å². The fourth-order valence-corrected chi connectivity index (χ4v) is 3.16. The Morgan fingerprint density at radius 1 is 1.19 bits per heavy atom. The Balaban J connectivity index is 0.00000480. The first kappa shape index (κ1) is 27.3. The summed E-state index contributed by atoms with van der Waals surface area (Å²) in [6.45, 7) is 10.4. The smallest absolute Gasteiger partial charge is 0.408 e. The third kappa shape index (κ3) is 10.4. The number of nitrogens with one attached hydrogen (secondary N) is 3. The highest BCUT2D eigenvalue weighted by Gasteiger charge is 2.25. The molecule has 3 N–H and O–H groups in total. The molecule has 0 bridgehead atoms. The number of aromatic nitrogens is 1. The minimum absolute atomic E-state index is 0. The van der Waals surface area contributed by atoms with Crippen LogP contribution in [0.3, 0.4) is 0 Å². The van der Waals surface area contributed by atoms with Gasteiger partial charge in [0.1, 0.15) is 11.7 Å². The lowest BCUT2D eigenvalue weighted by Crippen LogP contribution is -2.54. The van der Waals surface area contributed by atoms with Crippen LogP contribution < -0.4 is 20.7 Å². The molecule has 1 aliphatic rings. The van der Waals surface area contributed by atoms with Gasteiger partial charge in [0, 0.05) is 31.9 Å². The van der Waals surface area contributed by atoms with Crippen molar-refractivity contribution >= 4 is 36.0 Å². The van der Waals surface area contributed by atoms with Gasteiger partial charge in [-0.1, -0.05) is 6.07 Å². The molecule has 1 saturated carbocycles. The Labute approximate surface area is 203 Å². The van der Waals surface area contributed by atoms with E-state index in [1.54, 1.807) is 13.2 Å². The molecule has 1 aromatic rings. The number of carbonyl (C=O) groups excluding carboxylic acids is 1. The average molecular weight is 547 g/mol. The van der Waals surface area contributed by atoms with Crippen LogP contribution in [0.25, 0.3) is 0 Å². The van der Waals surface area contributed by atoms with Crippen molar-refractivity contribution in [3.8, 4) is 5.88 Å². The first-order valence-electron chi connectivity index (χ1n) is 10.6. The molecule has 0 radical (unpaired) electrons. The molecule has 1 amide bonds. The lowest BCUT2D eigenvalue weighted by atomic mass is 10.1. The zero-order chi connectivity index (χ0) is 22.2. The van der Waals surface area contributed by atoms with E-state index in [1.807, 2.05) is 46.8 Å². The molecule has 8 nitrogen and oxygen atoms in total. The standard InChI is InChI=1S/C22H37N5O3.HI/c1-21(2,3)30-20(28)27-22(4,5)15-26-19(23-6)25-14-16-10-9-13-24-18(16)29-17-11-7-8-12-17;/h9-10,13,17H,7-8,11-12,14-15H2,1-6H3,(H,27,28)(H2,23,25,26);1H. The summed E-state index contributed by atoms with van der Waals surface area (Å²) >= 11 is 0. The van der Waals surface area contributed by atoms with Crippen molar-refractivity contribution < 1.29 is 14.3 Å². The molecule has 2 rings (SSSR count). The average Bonchev–Trinajstić information content (AvgIpc) is 3.14. The number of ether oxygens (including phenoxy) is 2. The van der Waals surface area contributed by atoms with E-state index in [0.29, 0.717) is 24.9 Å². The number of hydrogen-bond donors (Lipinski definition) is 3. The number of hydrogen-bond acceptors (Lipinski definition) is 5. The lowest BCUT2D eigenvalue weighted by Gasteiger charge is -2.29. The molecule has 1 aliphatic carbocycles. The molecule has 0 unspecified atom stereocenters. The summed E-state index contributed by atoms with van der Waals surface area (Å²) in [6, 6.07) is 3.91. The van der Waals surface area contributed by atoms with Crippen molar-refractivity contribution in [3.63, 3.8) is 0 Å². The number of guanidine groups is 1. The number of alkyl carbamates (subject to hydrolysis) is 1. The van der Waals surface area contributed by atoms with Gasteiger partial charge in [0.05, 0.1) is 5.54 Å². The number of halogens is 1. The van der Waals surface area contributed by atoms with Gasteiger partial charge in [-0.05, 0) is 66.4 Å². The third-order valence-electron chi connectivity index (χ3n) is 4.64. The van der Waals surface area contributed by atoms with Crippen LogP contribution in [0.15, 0.2) is 23.3 Å². The minimum Gasteiger partial charge on any atom is -0.474 e. The summed E-state index contributed by atoms with van der Waals surface area (Å²) in [4.78, 5) is 20.7. The summed E-state index contributed by atoms with van der Waals surface area (Å²) in [5, 5.41) is 9.42. The second-order valence-electron chi connectivity index (χ2n) is 9.28. The zero-order valence-electron chi connectivity index (χ0n) is 19.6. The van der Waals surface area contributed by atoms with Gasteiger partial charge in [-0.2, -0.15) is 0 Å². The second kappa shape index (κ2) is 12.3. The quantitative estimate of drug-likeness (QED) is 0.272. The van der Waals surface area contributed by atoms with E-state index in [2.05, 4.69) is 25.9 Å². The van der Waals surface area contributed by atoms with Crippen LogP contribution in [-0.4, -0.2) is 47.9 Å². The van der Waals surface area contributed by atoms with Gasteiger partial charge >= 0.3 is 6.09 Å². The number of carbonyl (C=O) groups is 1. The number of aliphatic imine (C=N–C) groups is 1. The van der Waals surface area contributed by atoms with Crippen LogP contribution in [0.5, 0.6) is 5.88 Å². The maximum Gasteiger partial charge on any atom is 0.408 e. The summed E-state index contributed by atoms with van der Waals surface area (Å²) in [7, 11) is 1.71. The Morgan fingerprint density at radius 3 is 2.48 bits per heavy atom. The van der Waals surface area contributed by atoms with Crippen LogP contribution in [0.1, 0.15) is 65.9 Å². The summed E-state index contributed by atoms with van der Waals surface area (Å²) in [5.74, 6) is 1.31. The molecule has 9 heteroatoms. The topological polar surface area (TPSA) is 96.9 Å². The number of nitrogens with zero attached hydrogens (tertiary/aromatic N) is 2. The third-order valence-corrected chi connectivity index (χ3v) is 4.64. The van der Waals surface area contributed by atoms with Crippen LogP contribution >= 0.6 is 24.0 Å². The van der Waals surface area contributed by atoms with E-state index >= 15 is 0 Å². The predicted octanol–water partition coefficient (Wildman–Crippen LogP) is 3.99. The van der Waals surface area contributed by atoms with E-state index in [1.165, 1.54) is 12.8 Å². The minimum atomic E-state index is -0.535. The van der Waals surface area contributed by atoms with Crippen LogP contribution in [-0.2, 0) is 11.3 Å². The normalized spacial score (nSPS) is 15.1. The maximum absolute atomic E-state index is 12.1. The van der Waals surface area contributed by atoms with E-state index in [9.17, 15) is 4.79 Å². The predicted molar refractivity (Wildman–Crippen MR) is 134 cm³/mol. The van der Waals surface area contributed by atoms with E-state index < -0.39 is 17.2 Å². The van der Waals surface area contributed by atoms with Gasteiger partial charge < -0.3 is 25.4 Å². The van der Waals surface area contributed by atoms with Gasteiger partial charge in [-0.15, -0.1) is 24.0 Å². The highest BCUT2D eigenvalue weighted by atomic mass is 127. The first-order chi connectivity index (χ1) is 14.1. The van der Waals surface area contributed by atoms with Crippen LogP contribution in [0.4, 0.5) is 4.79 Å². The van der Waals surface area contributed by atoms with E-state index in [0.717, 1.165) is 18.4 Å². The van der Waals surface area contributed by atoms with Gasteiger partial charge in [0.25, 0.3) is 0 Å². The fourth-order valence-electron chi connectivity index (χ4n) is 3.16. The fraction of sp³-hybridized carbons (Fsp3) is 0.682. The molecule has 176 valence electrons. The first-order valence-corrected chi connectivity index (χ1v) is 10.6. The van der Waals surface area contributed by atoms with Crippen molar-refractivity contribution in [2.75, 3.05) is 13.6 Å². The molecule has 1 aromatic heterocycles.